The average Bonchev–Trinajstić information content (AvgIpc) is 2.44. The number of hydrogen-bond donors (Lipinski definition) is 3. The number of aliphatic hydroxyl groups is 1. The minimum Gasteiger partial charge on any atom is -0.497 e. The van der Waals surface area contributed by atoms with Gasteiger partial charge in [-0.1, -0.05) is 12.1 Å². The van der Waals surface area contributed by atoms with Gasteiger partial charge in [0.05, 0.1) is 7.11 Å². The molecule has 0 radical (unpaired) electrons. The smallest absolute Gasteiger partial charge is 0.326 e. The van der Waals surface area contributed by atoms with E-state index >= 15 is 0 Å². The number of aliphatic carboxylic acids is 1. The monoisotopic (exact) mass is 281 g/mol. The number of carbonyl (C=O) groups excluding carboxylic acids is 1. The number of benzene rings is 1. The van der Waals surface area contributed by atoms with Crippen LogP contribution in [0.3, 0.4) is 0 Å². The molecule has 1 amide bonds. The molecule has 0 heterocycles. The van der Waals surface area contributed by atoms with Crippen molar-refractivity contribution < 1.29 is 24.5 Å². The maximum Gasteiger partial charge on any atom is 0.326 e. The molecule has 3 N–H and O–H groups in total. The molecule has 0 aromatic heterocycles. The number of carbonyl (C=O) groups is 2. The van der Waals surface area contributed by atoms with Gasteiger partial charge in [-0.15, -0.1) is 0 Å². The van der Waals surface area contributed by atoms with Crippen LogP contribution in [0.25, 0.3) is 0 Å². The second-order valence-corrected chi connectivity index (χ2v) is 4.34. The van der Waals surface area contributed by atoms with Gasteiger partial charge in [-0.2, -0.15) is 0 Å². The number of nitrogens with one attached hydrogen (secondary N) is 1. The third kappa shape index (κ3) is 5.27. The number of aliphatic hydroxyl groups excluding tert-OH is 1. The first kappa shape index (κ1) is 16.0. The number of rotatable bonds is 8. The minimum atomic E-state index is -1.09. The largest absolute Gasteiger partial charge is 0.497 e. The van der Waals surface area contributed by atoms with Crippen molar-refractivity contribution in [1.29, 1.82) is 0 Å². The molecule has 0 aliphatic carbocycles. The number of ether oxygens (including phenoxy) is 1. The predicted octanol–water partition coefficient (Wildman–Crippen LogP) is 0.580. The van der Waals surface area contributed by atoms with E-state index in [1.54, 1.807) is 24.3 Å². The molecule has 1 atom stereocenters. The minimum absolute atomic E-state index is 0.0962. The van der Waals surface area contributed by atoms with Crippen LogP contribution in [0, 0.1) is 0 Å². The topological polar surface area (TPSA) is 95.9 Å². The van der Waals surface area contributed by atoms with Gasteiger partial charge in [0.1, 0.15) is 11.8 Å². The molecule has 0 saturated carbocycles. The van der Waals surface area contributed by atoms with Crippen molar-refractivity contribution in [3.8, 4) is 5.75 Å². The Labute approximate surface area is 117 Å². The fourth-order valence-corrected chi connectivity index (χ4v) is 1.74. The highest BCUT2D eigenvalue weighted by molar-refractivity contribution is 5.83. The van der Waals surface area contributed by atoms with Crippen LogP contribution >= 0.6 is 0 Å². The van der Waals surface area contributed by atoms with Crippen LogP contribution in [0.1, 0.15) is 18.4 Å². The van der Waals surface area contributed by atoms with Gasteiger partial charge in [0.15, 0.2) is 0 Å². The van der Waals surface area contributed by atoms with Crippen molar-refractivity contribution in [3.05, 3.63) is 29.8 Å². The quantitative estimate of drug-likeness (QED) is 0.648. The molecular weight excluding hydrogens is 262 g/mol. The zero-order chi connectivity index (χ0) is 15.0. The molecule has 0 aliphatic rings. The highest BCUT2D eigenvalue weighted by Gasteiger charge is 2.20. The molecule has 6 nitrogen and oxygen atoms in total. The summed E-state index contributed by atoms with van der Waals surface area (Å²) in [7, 11) is 1.53. The first-order valence-corrected chi connectivity index (χ1v) is 6.32. The standard InChI is InChI=1S/C14H19NO5/c1-20-11-5-2-4-10(8-11)9-12(14(18)19)15-13(17)6-3-7-16/h2,4-5,8,12,16H,3,6-7,9H2,1H3,(H,15,17)(H,18,19)/t12-/m0/s1. The molecule has 20 heavy (non-hydrogen) atoms. The molecule has 0 unspecified atom stereocenters. The van der Waals surface area contributed by atoms with Gasteiger partial charge < -0.3 is 20.3 Å². The van der Waals surface area contributed by atoms with E-state index in [1.807, 2.05) is 0 Å². The van der Waals surface area contributed by atoms with Crippen molar-refractivity contribution in [3.63, 3.8) is 0 Å². The van der Waals surface area contributed by atoms with Crippen LogP contribution in [0.4, 0.5) is 0 Å². The van der Waals surface area contributed by atoms with E-state index in [9.17, 15) is 9.59 Å². The lowest BCUT2D eigenvalue weighted by atomic mass is 10.1. The third-order valence-corrected chi connectivity index (χ3v) is 2.77. The Bertz CT molecular complexity index is 461. The van der Waals surface area contributed by atoms with Crippen LogP contribution in [0.15, 0.2) is 24.3 Å². The molecule has 0 spiro atoms. The second-order valence-electron chi connectivity index (χ2n) is 4.34. The van der Waals surface area contributed by atoms with E-state index in [0.717, 1.165) is 5.56 Å². The van der Waals surface area contributed by atoms with Gasteiger partial charge in [-0.25, -0.2) is 4.79 Å². The summed E-state index contributed by atoms with van der Waals surface area (Å²) in [5, 5.41) is 20.2. The van der Waals surface area contributed by atoms with Crippen LogP contribution in [-0.4, -0.2) is 41.8 Å². The summed E-state index contributed by atoms with van der Waals surface area (Å²) in [4.78, 5) is 22.7. The summed E-state index contributed by atoms with van der Waals surface area (Å²) < 4.78 is 5.07. The summed E-state index contributed by atoms with van der Waals surface area (Å²) in [5.74, 6) is -0.835. The Morgan fingerprint density at radius 3 is 2.75 bits per heavy atom. The second kappa shape index (κ2) is 8.16. The van der Waals surface area contributed by atoms with Gasteiger partial charge in [0.25, 0.3) is 0 Å². The van der Waals surface area contributed by atoms with Crippen molar-refractivity contribution >= 4 is 11.9 Å². The van der Waals surface area contributed by atoms with Crippen LogP contribution in [-0.2, 0) is 16.0 Å². The highest BCUT2D eigenvalue weighted by atomic mass is 16.5. The molecule has 110 valence electrons. The zero-order valence-electron chi connectivity index (χ0n) is 11.3. The summed E-state index contributed by atoms with van der Waals surface area (Å²) in [6.07, 6.45) is 0.604. The Balaban J connectivity index is 2.66. The van der Waals surface area contributed by atoms with E-state index in [2.05, 4.69) is 5.32 Å². The molecule has 0 saturated heterocycles. The van der Waals surface area contributed by atoms with E-state index in [1.165, 1.54) is 7.11 Å². The molecule has 0 bridgehead atoms. The SMILES string of the molecule is COc1cccc(C[C@H](NC(=O)CCCO)C(=O)O)c1. The van der Waals surface area contributed by atoms with Crippen molar-refractivity contribution in [1.82, 2.24) is 5.32 Å². The van der Waals surface area contributed by atoms with Crippen LogP contribution in [0.2, 0.25) is 0 Å². The van der Waals surface area contributed by atoms with Gasteiger partial charge in [0.2, 0.25) is 5.91 Å². The summed E-state index contributed by atoms with van der Waals surface area (Å²) in [6.45, 7) is -0.0962. The lowest BCUT2D eigenvalue weighted by Gasteiger charge is -2.15. The van der Waals surface area contributed by atoms with E-state index < -0.39 is 12.0 Å². The molecule has 1 aromatic rings. The fraction of sp³-hybridized carbons (Fsp3) is 0.429. The highest BCUT2D eigenvalue weighted by Crippen LogP contribution is 2.14. The summed E-state index contributed by atoms with van der Waals surface area (Å²) >= 11 is 0. The summed E-state index contributed by atoms with van der Waals surface area (Å²) in [5.41, 5.74) is 0.763. The lowest BCUT2D eigenvalue weighted by molar-refractivity contribution is -0.141. The van der Waals surface area contributed by atoms with Crippen LogP contribution < -0.4 is 10.1 Å². The molecular formula is C14H19NO5. The number of hydrogen-bond acceptors (Lipinski definition) is 4. The summed E-state index contributed by atoms with van der Waals surface area (Å²) in [6, 6.07) is 6.04. The molecule has 1 rings (SSSR count). The first-order chi connectivity index (χ1) is 9.56. The number of carboxylic acids is 1. The first-order valence-electron chi connectivity index (χ1n) is 6.32. The Kier molecular flexibility index (Phi) is 6.52. The molecule has 0 aliphatic heterocycles. The van der Waals surface area contributed by atoms with Gasteiger partial charge in [-0.05, 0) is 24.1 Å². The van der Waals surface area contributed by atoms with Crippen molar-refractivity contribution in [2.24, 2.45) is 0 Å². The van der Waals surface area contributed by atoms with E-state index in [4.69, 9.17) is 14.9 Å². The lowest BCUT2D eigenvalue weighted by Crippen LogP contribution is -2.42. The number of carboxylic acid groups (broad SMARTS) is 1. The van der Waals surface area contributed by atoms with Crippen LogP contribution in [0.5, 0.6) is 5.75 Å². The predicted molar refractivity (Wildman–Crippen MR) is 72.6 cm³/mol. The third-order valence-electron chi connectivity index (χ3n) is 2.77. The Morgan fingerprint density at radius 2 is 2.15 bits per heavy atom. The van der Waals surface area contributed by atoms with Crippen molar-refractivity contribution in [2.45, 2.75) is 25.3 Å². The Morgan fingerprint density at radius 1 is 1.40 bits per heavy atom. The maximum atomic E-state index is 11.5. The normalized spacial score (nSPS) is 11.7. The zero-order valence-corrected chi connectivity index (χ0v) is 11.3. The van der Waals surface area contributed by atoms with Gasteiger partial charge in [-0.3, -0.25) is 4.79 Å². The van der Waals surface area contributed by atoms with Crippen molar-refractivity contribution in [2.75, 3.05) is 13.7 Å². The fourth-order valence-electron chi connectivity index (χ4n) is 1.74. The number of amides is 1. The average molecular weight is 281 g/mol. The van der Waals surface area contributed by atoms with Gasteiger partial charge >= 0.3 is 5.97 Å². The molecule has 0 fully saturated rings. The molecule has 6 heteroatoms. The van der Waals surface area contributed by atoms with E-state index in [-0.39, 0.29) is 25.4 Å². The maximum absolute atomic E-state index is 11.5. The van der Waals surface area contributed by atoms with Gasteiger partial charge in [0, 0.05) is 19.4 Å². The van der Waals surface area contributed by atoms with E-state index in [0.29, 0.717) is 12.2 Å². The number of methoxy groups -OCH3 is 1. The molecule has 1 aromatic carbocycles. The Hall–Kier alpha value is -2.08.